The highest BCUT2D eigenvalue weighted by Gasteiger charge is 1.96. The van der Waals surface area contributed by atoms with Crippen LogP contribution in [0.15, 0.2) is 31.1 Å². The predicted molar refractivity (Wildman–Crippen MR) is 98.7 cm³/mol. The van der Waals surface area contributed by atoms with Crippen molar-refractivity contribution in [3.63, 3.8) is 0 Å². The maximum absolute atomic E-state index is 3.60. The van der Waals surface area contributed by atoms with Crippen molar-refractivity contribution in [2.45, 2.75) is 70.2 Å². The van der Waals surface area contributed by atoms with Gasteiger partial charge in [0.05, 0.1) is 0 Å². The molecule has 0 atom stereocenters. The standard InChI is InChI=1S/2C5H12.C3H4N2.C2H3N3.2CH4/c2*1-5(2,3)4;1-2-4-5-3-1;1-3-2-5-4-1;;/h2*1-4H3;1-3H,(H,4,5);1-2H,(H,3,4,5);2*1H4. The molecule has 5 nitrogen and oxygen atoms in total. The van der Waals surface area contributed by atoms with Gasteiger partial charge in [-0.3, -0.25) is 10.2 Å². The van der Waals surface area contributed by atoms with Gasteiger partial charge in [0.15, 0.2) is 0 Å². The van der Waals surface area contributed by atoms with Crippen LogP contribution in [0.1, 0.15) is 70.2 Å². The monoisotopic (exact) mass is 313 g/mol. The second kappa shape index (κ2) is 15.7. The minimum absolute atomic E-state index is 0. The molecule has 22 heavy (non-hydrogen) atoms. The molecule has 0 saturated heterocycles. The van der Waals surface area contributed by atoms with Gasteiger partial charge in [-0.1, -0.05) is 70.2 Å². The summed E-state index contributed by atoms with van der Waals surface area (Å²) >= 11 is 0. The first-order valence-electron chi connectivity index (χ1n) is 6.72. The predicted octanol–water partition coefficient (Wildman–Crippen LogP) is 5.59. The van der Waals surface area contributed by atoms with Gasteiger partial charge < -0.3 is 0 Å². The van der Waals surface area contributed by atoms with E-state index >= 15 is 0 Å². The van der Waals surface area contributed by atoms with Crippen molar-refractivity contribution < 1.29 is 0 Å². The highest BCUT2D eigenvalue weighted by molar-refractivity contribution is 4.72. The number of H-pyrrole nitrogens is 2. The zero-order chi connectivity index (χ0) is 16.1. The number of rotatable bonds is 0. The lowest BCUT2D eigenvalue weighted by Crippen LogP contribution is -1.93. The van der Waals surface area contributed by atoms with Crippen molar-refractivity contribution in [1.82, 2.24) is 25.4 Å². The van der Waals surface area contributed by atoms with Gasteiger partial charge in [0, 0.05) is 12.4 Å². The van der Waals surface area contributed by atoms with Crippen LogP contribution in [0.2, 0.25) is 0 Å². The van der Waals surface area contributed by atoms with Gasteiger partial charge in [-0.15, -0.1) is 0 Å². The fourth-order valence-corrected chi connectivity index (χ4v) is 0.382. The first-order valence-corrected chi connectivity index (χ1v) is 6.72. The van der Waals surface area contributed by atoms with Crippen molar-refractivity contribution >= 4 is 0 Å². The number of hydrogen-bond acceptors (Lipinski definition) is 3. The van der Waals surface area contributed by atoms with Gasteiger partial charge in [0.25, 0.3) is 0 Å². The molecule has 2 rings (SSSR count). The zero-order valence-corrected chi connectivity index (χ0v) is 14.2. The fourth-order valence-electron chi connectivity index (χ4n) is 0.382. The summed E-state index contributed by atoms with van der Waals surface area (Å²) in [4.78, 5) is 3.56. The summed E-state index contributed by atoms with van der Waals surface area (Å²) in [6, 6.07) is 1.83. The zero-order valence-electron chi connectivity index (χ0n) is 14.2. The van der Waals surface area contributed by atoms with E-state index in [2.05, 4.69) is 80.8 Å². The van der Waals surface area contributed by atoms with E-state index in [4.69, 9.17) is 0 Å². The third kappa shape index (κ3) is 79.2. The minimum Gasteiger partial charge on any atom is -0.286 e. The van der Waals surface area contributed by atoms with Crippen molar-refractivity contribution in [1.29, 1.82) is 0 Å². The van der Waals surface area contributed by atoms with E-state index in [9.17, 15) is 0 Å². The lowest BCUT2D eigenvalue weighted by molar-refractivity contribution is 0.469. The van der Waals surface area contributed by atoms with E-state index in [-0.39, 0.29) is 14.9 Å². The molecule has 0 bridgehead atoms. The molecule has 0 spiro atoms. The Balaban J connectivity index is -0.0000000953. The molecule has 0 fully saturated rings. The highest BCUT2D eigenvalue weighted by Crippen LogP contribution is 2.08. The van der Waals surface area contributed by atoms with Crippen LogP contribution < -0.4 is 0 Å². The minimum atomic E-state index is 0. The Bertz CT molecular complexity index is 268. The molecule has 0 aromatic carbocycles. The van der Waals surface area contributed by atoms with Crippen LogP contribution in [0.4, 0.5) is 0 Å². The van der Waals surface area contributed by atoms with Crippen molar-refractivity contribution in [2.75, 3.05) is 0 Å². The van der Waals surface area contributed by atoms with E-state index in [1.165, 1.54) is 12.7 Å². The Kier molecular flexibility index (Phi) is 20.4. The van der Waals surface area contributed by atoms with E-state index in [1.54, 1.807) is 12.4 Å². The molecule has 5 heteroatoms. The first-order chi connectivity index (χ1) is 9.00. The summed E-state index contributed by atoms with van der Waals surface area (Å²) in [5.41, 5.74) is 1.00. The van der Waals surface area contributed by atoms with Gasteiger partial charge in [0.2, 0.25) is 0 Å². The maximum atomic E-state index is 3.60. The molecule has 0 aliphatic heterocycles. The smallest absolute Gasteiger partial charge is 0.137 e. The summed E-state index contributed by atoms with van der Waals surface area (Å²) in [6.45, 7) is 17.5. The molecule has 2 N–H and O–H groups in total. The lowest BCUT2D eigenvalue weighted by atomic mass is 10.0. The molecule has 0 aliphatic rings. The fraction of sp³-hybridized carbons (Fsp3) is 0.706. The SMILES string of the molecule is C.C.CC(C)(C)C.CC(C)(C)C.c1cn[nH]c1.c1nc[nH]n1. The molecule has 132 valence electrons. The second-order valence-electron chi connectivity index (χ2n) is 7.42. The molecule has 0 saturated carbocycles. The molecular formula is C17H39N5. The van der Waals surface area contributed by atoms with Crippen molar-refractivity contribution in [2.24, 2.45) is 10.8 Å². The van der Waals surface area contributed by atoms with Gasteiger partial charge in [0.1, 0.15) is 12.7 Å². The van der Waals surface area contributed by atoms with E-state index in [0.29, 0.717) is 10.8 Å². The normalized spacial score (nSPS) is 9.09. The molecule has 0 aliphatic carbocycles. The summed E-state index contributed by atoms with van der Waals surface area (Å²) in [6.07, 6.45) is 6.42. The van der Waals surface area contributed by atoms with E-state index < -0.39 is 0 Å². The molecule has 2 aromatic heterocycles. The first kappa shape index (κ1) is 28.5. The van der Waals surface area contributed by atoms with Crippen LogP contribution in [0.25, 0.3) is 0 Å². The summed E-state index contributed by atoms with van der Waals surface area (Å²) in [7, 11) is 0. The Morgan fingerprint density at radius 2 is 1.18 bits per heavy atom. The van der Waals surface area contributed by atoms with Crippen LogP contribution >= 0.6 is 0 Å². The van der Waals surface area contributed by atoms with Crippen LogP contribution in [-0.2, 0) is 0 Å². The Hall–Kier alpha value is -1.65. The summed E-state index contributed by atoms with van der Waals surface area (Å²) in [5, 5.41) is 12.2. The molecular weight excluding hydrogens is 274 g/mol. The molecule has 0 radical (unpaired) electrons. The lowest BCUT2D eigenvalue weighted by Gasteiger charge is -2.05. The number of hydrogen-bond donors (Lipinski definition) is 2. The topological polar surface area (TPSA) is 70.2 Å². The van der Waals surface area contributed by atoms with Crippen LogP contribution in [-0.4, -0.2) is 25.4 Å². The van der Waals surface area contributed by atoms with Crippen LogP contribution in [0.5, 0.6) is 0 Å². The largest absolute Gasteiger partial charge is 0.286 e. The van der Waals surface area contributed by atoms with Crippen molar-refractivity contribution in [3.05, 3.63) is 31.1 Å². The Morgan fingerprint density at radius 3 is 1.27 bits per heavy atom. The number of aromatic amines is 2. The van der Waals surface area contributed by atoms with Crippen LogP contribution in [0, 0.1) is 10.8 Å². The Labute approximate surface area is 138 Å². The number of aromatic nitrogens is 5. The average molecular weight is 314 g/mol. The van der Waals surface area contributed by atoms with Gasteiger partial charge in [-0.2, -0.15) is 10.2 Å². The third-order valence-corrected chi connectivity index (χ3v) is 0.737. The molecule has 0 amide bonds. The second-order valence-corrected chi connectivity index (χ2v) is 7.42. The summed E-state index contributed by atoms with van der Waals surface area (Å²) in [5.74, 6) is 0. The van der Waals surface area contributed by atoms with Crippen LogP contribution in [0.3, 0.4) is 0 Å². The highest BCUT2D eigenvalue weighted by atomic mass is 15.2. The summed E-state index contributed by atoms with van der Waals surface area (Å²) < 4.78 is 0. The maximum Gasteiger partial charge on any atom is 0.137 e. The van der Waals surface area contributed by atoms with Gasteiger partial charge in [-0.25, -0.2) is 4.98 Å². The quantitative estimate of drug-likeness (QED) is 0.666. The molecule has 2 heterocycles. The van der Waals surface area contributed by atoms with Gasteiger partial charge in [-0.05, 0) is 16.9 Å². The molecule has 2 aromatic rings. The number of nitrogens with one attached hydrogen (secondary N) is 2. The van der Waals surface area contributed by atoms with Gasteiger partial charge >= 0.3 is 0 Å². The molecule has 0 unspecified atom stereocenters. The Morgan fingerprint density at radius 1 is 0.727 bits per heavy atom. The van der Waals surface area contributed by atoms with E-state index in [0.717, 1.165) is 0 Å². The van der Waals surface area contributed by atoms with E-state index in [1.807, 2.05) is 6.07 Å². The average Bonchev–Trinajstić information content (AvgIpc) is 2.92. The number of nitrogens with zero attached hydrogens (tertiary/aromatic N) is 3. The third-order valence-electron chi connectivity index (χ3n) is 0.737. The van der Waals surface area contributed by atoms with Crippen molar-refractivity contribution in [3.8, 4) is 0 Å².